The lowest BCUT2D eigenvalue weighted by Crippen LogP contribution is -2.56. The van der Waals surface area contributed by atoms with Gasteiger partial charge in [0.2, 0.25) is 0 Å². The monoisotopic (exact) mass is 482 g/mol. The normalized spacial score (nSPS) is 17.5. The smallest absolute Gasteiger partial charge is 0.147 e. The van der Waals surface area contributed by atoms with Crippen molar-refractivity contribution in [2.45, 2.75) is 31.0 Å². The highest BCUT2D eigenvalue weighted by atomic mass is 35.5. The van der Waals surface area contributed by atoms with Gasteiger partial charge < -0.3 is 19.7 Å². The molecule has 1 aromatic heterocycles. The van der Waals surface area contributed by atoms with E-state index in [1.807, 2.05) is 0 Å². The molecule has 5 nitrogen and oxygen atoms in total. The van der Waals surface area contributed by atoms with E-state index in [4.69, 9.17) is 44.1 Å². The predicted octanol–water partition coefficient (Wildman–Crippen LogP) is 5.69. The molecule has 2 aromatic carbocycles. The first-order valence-corrected chi connectivity index (χ1v) is 11.0. The number of benzene rings is 2. The number of hydrogen-bond donors (Lipinski definition) is 2. The number of hydrogen-bond acceptors (Lipinski definition) is 5. The second-order valence-corrected chi connectivity index (χ2v) is 9.18. The summed E-state index contributed by atoms with van der Waals surface area (Å²) in [5.41, 5.74) is 1.28. The van der Waals surface area contributed by atoms with Gasteiger partial charge in [-0.2, -0.15) is 0 Å². The lowest BCUT2D eigenvalue weighted by atomic mass is 9.88. The molecule has 0 spiro atoms. The van der Waals surface area contributed by atoms with Crippen LogP contribution in [-0.2, 0) is 12.2 Å². The molecule has 2 fully saturated rings. The fourth-order valence-electron chi connectivity index (χ4n) is 3.76. The Labute approximate surface area is 193 Å². The van der Waals surface area contributed by atoms with Crippen molar-refractivity contribution in [1.82, 2.24) is 10.5 Å². The SMILES string of the molecule is OC1(c2ccc(OCc3c(-c4c(Cl)cc(F)cc4Cl)noc3C3CC3)cc2Cl)CNC1. The summed E-state index contributed by atoms with van der Waals surface area (Å²) in [6.45, 7) is 1.07. The Hall–Kier alpha value is -1.83. The maximum Gasteiger partial charge on any atom is 0.147 e. The van der Waals surface area contributed by atoms with Crippen LogP contribution in [0, 0.1) is 5.82 Å². The molecule has 1 saturated carbocycles. The molecule has 0 bridgehead atoms. The van der Waals surface area contributed by atoms with Crippen LogP contribution in [-0.4, -0.2) is 23.4 Å². The summed E-state index contributed by atoms with van der Waals surface area (Å²) in [5.74, 6) is 1.00. The van der Waals surface area contributed by atoms with Crippen LogP contribution in [0.15, 0.2) is 34.9 Å². The van der Waals surface area contributed by atoms with E-state index < -0.39 is 11.4 Å². The zero-order valence-corrected chi connectivity index (χ0v) is 18.5. The molecule has 0 unspecified atom stereocenters. The highest BCUT2D eigenvalue weighted by molar-refractivity contribution is 6.39. The van der Waals surface area contributed by atoms with Gasteiger partial charge in [0.05, 0.1) is 20.6 Å². The highest BCUT2D eigenvalue weighted by Gasteiger charge is 2.38. The molecule has 9 heteroatoms. The number of aliphatic hydroxyl groups is 1. The van der Waals surface area contributed by atoms with E-state index >= 15 is 0 Å². The molecule has 0 atom stereocenters. The van der Waals surface area contributed by atoms with Gasteiger partial charge >= 0.3 is 0 Å². The summed E-state index contributed by atoms with van der Waals surface area (Å²) >= 11 is 18.9. The Bertz CT molecular complexity index is 1140. The first-order valence-electron chi connectivity index (χ1n) is 9.85. The van der Waals surface area contributed by atoms with Crippen LogP contribution < -0.4 is 10.1 Å². The van der Waals surface area contributed by atoms with Gasteiger partial charge in [-0.1, -0.05) is 46.0 Å². The van der Waals surface area contributed by atoms with Gasteiger partial charge in [0.25, 0.3) is 0 Å². The Morgan fingerprint density at radius 1 is 1.13 bits per heavy atom. The third-order valence-corrected chi connectivity index (χ3v) is 6.58. The quantitative estimate of drug-likeness (QED) is 0.471. The molecule has 1 aliphatic carbocycles. The largest absolute Gasteiger partial charge is 0.489 e. The molecule has 0 amide bonds. The number of ether oxygens (including phenoxy) is 1. The number of nitrogens with zero attached hydrogens (tertiary/aromatic N) is 1. The van der Waals surface area contributed by atoms with Crippen LogP contribution in [0.3, 0.4) is 0 Å². The van der Waals surface area contributed by atoms with E-state index in [0.29, 0.717) is 40.7 Å². The van der Waals surface area contributed by atoms with Crippen molar-refractivity contribution in [2.24, 2.45) is 0 Å². The van der Waals surface area contributed by atoms with E-state index in [1.54, 1.807) is 18.2 Å². The van der Waals surface area contributed by atoms with Crippen LogP contribution in [0.4, 0.5) is 4.39 Å². The van der Waals surface area contributed by atoms with Crippen LogP contribution in [0.5, 0.6) is 5.75 Å². The van der Waals surface area contributed by atoms with E-state index in [2.05, 4.69) is 10.5 Å². The average molecular weight is 484 g/mol. The Morgan fingerprint density at radius 3 is 2.42 bits per heavy atom. The predicted molar refractivity (Wildman–Crippen MR) is 116 cm³/mol. The number of β-amino-alcohol motifs (C(OH)–C–C–N with tert-alkyl or cyclic N) is 1. The maximum absolute atomic E-state index is 13.6. The zero-order chi connectivity index (χ0) is 21.8. The molecule has 1 aliphatic heterocycles. The summed E-state index contributed by atoms with van der Waals surface area (Å²) in [6.07, 6.45) is 2.00. The van der Waals surface area contributed by atoms with Crippen molar-refractivity contribution in [3.05, 3.63) is 68.1 Å². The minimum absolute atomic E-state index is 0.149. The van der Waals surface area contributed by atoms with Gasteiger partial charge in [0.1, 0.15) is 35.2 Å². The summed E-state index contributed by atoms with van der Waals surface area (Å²) in [4.78, 5) is 0. The molecular weight excluding hydrogens is 466 g/mol. The molecule has 31 heavy (non-hydrogen) atoms. The molecular formula is C22H18Cl3FN2O3. The first-order chi connectivity index (χ1) is 14.9. The number of halogens is 4. The number of nitrogens with one attached hydrogen (secondary N) is 1. The van der Waals surface area contributed by atoms with Crippen molar-refractivity contribution in [3.8, 4) is 17.0 Å². The minimum atomic E-state index is -0.952. The Kier molecular flexibility index (Phi) is 5.39. The molecule has 5 rings (SSSR count). The minimum Gasteiger partial charge on any atom is -0.489 e. The van der Waals surface area contributed by atoms with Gasteiger partial charge in [-0.15, -0.1) is 0 Å². The van der Waals surface area contributed by atoms with Gasteiger partial charge in [0, 0.05) is 30.1 Å². The van der Waals surface area contributed by atoms with Crippen molar-refractivity contribution < 1.29 is 18.8 Å². The van der Waals surface area contributed by atoms with Crippen molar-refractivity contribution >= 4 is 34.8 Å². The van der Waals surface area contributed by atoms with Gasteiger partial charge in [0.15, 0.2) is 0 Å². The second-order valence-electron chi connectivity index (χ2n) is 7.96. The summed E-state index contributed by atoms with van der Waals surface area (Å²) in [6, 6.07) is 7.59. The van der Waals surface area contributed by atoms with Crippen molar-refractivity contribution in [3.63, 3.8) is 0 Å². The fourth-order valence-corrected chi connectivity index (χ4v) is 4.75. The molecule has 2 aliphatic rings. The Morgan fingerprint density at radius 2 is 1.84 bits per heavy atom. The summed E-state index contributed by atoms with van der Waals surface area (Å²) in [7, 11) is 0. The lowest BCUT2D eigenvalue weighted by Gasteiger charge is -2.38. The van der Waals surface area contributed by atoms with Crippen LogP contribution in [0.1, 0.15) is 35.6 Å². The second kappa shape index (κ2) is 7.94. The van der Waals surface area contributed by atoms with E-state index in [9.17, 15) is 9.50 Å². The summed E-state index contributed by atoms with van der Waals surface area (Å²) < 4.78 is 25.2. The van der Waals surface area contributed by atoms with Gasteiger partial charge in [-0.3, -0.25) is 0 Å². The molecule has 2 heterocycles. The number of rotatable bonds is 6. The van der Waals surface area contributed by atoms with Gasteiger partial charge in [-0.25, -0.2) is 4.39 Å². The van der Waals surface area contributed by atoms with E-state index in [-0.39, 0.29) is 22.6 Å². The fraction of sp³-hybridized carbons (Fsp3) is 0.318. The highest BCUT2D eigenvalue weighted by Crippen LogP contribution is 2.46. The van der Waals surface area contributed by atoms with E-state index in [0.717, 1.165) is 24.2 Å². The standard InChI is InChI=1S/C22H18Cl3FN2O3/c23-16-7-13(3-4-15(16)22(29)9-27-10-22)30-8-14-20(28-31-21(14)11-1-2-11)19-17(24)5-12(26)6-18(19)25/h3-7,11,27,29H,1-2,8-10H2. The van der Waals surface area contributed by atoms with Gasteiger partial charge in [-0.05, 0) is 37.1 Å². The average Bonchev–Trinajstić information content (AvgIpc) is 3.45. The van der Waals surface area contributed by atoms with Crippen LogP contribution in [0.25, 0.3) is 11.3 Å². The lowest BCUT2D eigenvalue weighted by molar-refractivity contribution is -0.0145. The molecule has 2 N–H and O–H groups in total. The third kappa shape index (κ3) is 3.92. The van der Waals surface area contributed by atoms with Crippen LogP contribution >= 0.6 is 34.8 Å². The zero-order valence-electron chi connectivity index (χ0n) is 16.2. The topological polar surface area (TPSA) is 67.5 Å². The maximum atomic E-state index is 13.6. The molecule has 1 saturated heterocycles. The molecule has 0 radical (unpaired) electrons. The summed E-state index contributed by atoms with van der Waals surface area (Å²) in [5, 5.41) is 18.5. The first kappa shape index (κ1) is 21.0. The third-order valence-electron chi connectivity index (χ3n) is 5.67. The van der Waals surface area contributed by atoms with E-state index in [1.165, 1.54) is 12.1 Å². The van der Waals surface area contributed by atoms with Crippen LogP contribution in [0.2, 0.25) is 15.1 Å². The Balaban J connectivity index is 1.45. The molecule has 162 valence electrons. The number of aromatic nitrogens is 1. The molecule has 3 aromatic rings. The van der Waals surface area contributed by atoms with Crippen molar-refractivity contribution in [2.75, 3.05) is 13.1 Å². The van der Waals surface area contributed by atoms with Crippen molar-refractivity contribution in [1.29, 1.82) is 0 Å².